The summed E-state index contributed by atoms with van der Waals surface area (Å²) in [6, 6.07) is 11.9. The van der Waals surface area contributed by atoms with Gasteiger partial charge < -0.3 is 15.0 Å². The molecule has 0 amide bonds. The van der Waals surface area contributed by atoms with Gasteiger partial charge in [-0.2, -0.15) is 4.98 Å². The first-order valence-corrected chi connectivity index (χ1v) is 14.8. The molecule has 0 bridgehead atoms. The number of hydrogen-bond donors (Lipinski definition) is 2. The summed E-state index contributed by atoms with van der Waals surface area (Å²) in [6.07, 6.45) is -1.16. The van der Waals surface area contributed by atoms with Gasteiger partial charge in [-0.25, -0.2) is 13.9 Å². The predicted molar refractivity (Wildman–Crippen MR) is 150 cm³/mol. The summed E-state index contributed by atoms with van der Waals surface area (Å²) in [5.41, 5.74) is 0.884. The minimum atomic E-state index is -4.90. The molecule has 1 aliphatic carbocycles. The van der Waals surface area contributed by atoms with Crippen molar-refractivity contribution in [3.05, 3.63) is 46.9 Å². The molecule has 3 aromatic rings. The number of nitrogens with one attached hydrogen (secondary N) is 2. The SMILES string of the molecule is C=S(=O)(NCC1CCC(CNc2nc(N(C)C)c3ccccc3n2)CC1)c1ccc(Br)cc1OC(F)(F)F. The van der Waals surface area contributed by atoms with Crippen LogP contribution in [0.2, 0.25) is 0 Å². The van der Waals surface area contributed by atoms with E-state index in [2.05, 4.69) is 41.6 Å². The number of ether oxygens (including phenoxy) is 1. The summed E-state index contributed by atoms with van der Waals surface area (Å²) in [5.74, 6) is 5.30. The van der Waals surface area contributed by atoms with E-state index in [0.29, 0.717) is 22.9 Å². The van der Waals surface area contributed by atoms with Crippen LogP contribution in [0.4, 0.5) is 24.9 Å². The Morgan fingerprint density at radius 1 is 1.08 bits per heavy atom. The van der Waals surface area contributed by atoms with Gasteiger partial charge in [0, 0.05) is 37.0 Å². The molecular formula is C26H31BrF3N5O2S. The quantitative estimate of drug-likeness (QED) is 0.295. The third kappa shape index (κ3) is 7.29. The first-order valence-electron chi connectivity index (χ1n) is 12.3. The van der Waals surface area contributed by atoms with Crippen LogP contribution in [0.25, 0.3) is 10.9 Å². The van der Waals surface area contributed by atoms with Gasteiger partial charge in [-0.05, 0) is 73.7 Å². The molecule has 38 heavy (non-hydrogen) atoms. The van der Waals surface area contributed by atoms with Crippen LogP contribution in [0.5, 0.6) is 5.75 Å². The van der Waals surface area contributed by atoms with Crippen molar-refractivity contribution < 1.29 is 22.1 Å². The number of alkyl halides is 3. The Labute approximate surface area is 229 Å². The zero-order valence-electron chi connectivity index (χ0n) is 21.2. The fraction of sp³-hybridized carbons (Fsp3) is 0.423. The van der Waals surface area contributed by atoms with E-state index in [1.165, 1.54) is 12.1 Å². The lowest BCUT2D eigenvalue weighted by molar-refractivity contribution is -0.275. The number of aromatic nitrogens is 2. The second-order valence-electron chi connectivity index (χ2n) is 9.71. The molecule has 7 nitrogen and oxygen atoms in total. The third-order valence-electron chi connectivity index (χ3n) is 6.61. The first kappa shape index (κ1) is 28.4. The fourth-order valence-corrected chi connectivity index (χ4v) is 6.36. The van der Waals surface area contributed by atoms with Crippen LogP contribution in [0.1, 0.15) is 25.7 Å². The standard InChI is InChI=1S/C26H31BrF3N5O2S/c1-35(2)24-20-6-4-5-7-21(20)33-25(34-24)31-15-17-8-10-18(11-9-17)16-32-38(3,36)23-13-12-19(27)14-22(23)37-26(28,29)30/h4-7,12-14,17-18H,3,8-11,15-16H2,1-2H3,(H,32,36)(H,31,33,34). The highest BCUT2D eigenvalue weighted by molar-refractivity contribution is 9.10. The Bertz CT molecular complexity index is 1380. The van der Waals surface area contributed by atoms with Crippen LogP contribution in [0, 0.1) is 11.8 Å². The van der Waals surface area contributed by atoms with Gasteiger partial charge in [0.1, 0.15) is 11.6 Å². The van der Waals surface area contributed by atoms with Crippen LogP contribution in [-0.2, 0) is 9.71 Å². The highest BCUT2D eigenvalue weighted by Crippen LogP contribution is 2.33. The van der Waals surface area contributed by atoms with Crippen molar-refractivity contribution >= 4 is 54.2 Å². The van der Waals surface area contributed by atoms with Gasteiger partial charge in [0.2, 0.25) is 5.95 Å². The Morgan fingerprint density at radius 3 is 2.39 bits per heavy atom. The second kappa shape index (κ2) is 11.7. The molecule has 0 saturated heterocycles. The monoisotopic (exact) mass is 613 g/mol. The first-order chi connectivity index (χ1) is 17.9. The lowest BCUT2D eigenvalue weighted by Gasteiger charge is -2.29. The highest BCUT2D eigenvalue weighted by Gasteiger charge is 2.33. The smallest absolute Gasteiger partial charge is 0.404 e. The number of fused-ring (bicyclic) bond motifs is 1. The van der Waals surface area contributed by atoms with Crippen LogP contribution in [0.15, 0.2) is 51.8 Å². The average molecular weight is 615 g/mol. The largest absolute Gasteiger partial charge is 0.573 e. The van der Waals surface area contributed by atoms with Crippen molar-refractivity contribution in [1.29, 1.82) is 0 Å². The minimum absolute atomic E-state index is 0.108. The fourth-order valence-electron chi connectivity index (χ4n) is 4.64. The van der Waals surface area contributed by atoms with Crippen molar-refractivity contribution in [2.75, 3.05) is 37.4 Å². The summed E-state index contributed by atoms with van der Waals surface area (Å²) >= 11 is 3.13. The second-order valence-corrected chi connectivity index (χ2v) is 12.7. The van der Waals surface area contributed by atoms with Gasteiger partial charge in [-0.15, -0.1) is 13.2 Å². The average Bonchev–Trinajstić information content (AvgIpc) is 2.85. The molecule has 1 aromatic heterocycles. The molecule has 0 spiro atoms. The van der Waals surface area contributed by atoms with E-state index < -0.39 is 21.8 Å². The minimum Gasteiger partial charge on any atom is -0.404 e. The predicted octanol–water partition coefficient (Wildman–Crippen LogP) is 5.86. The molecule has 2 N–H and O–H groups in total. The van der Waals surface area contributed by atoms with Crippen molar-refractivity contribution in [3.63, 3.8) is 0 Å². The molecule has 1 saturated carbocycles. The number of anilines is 2. The lowest BCUT2D eigenvalue weighted by Crippen LogP contribution is -2.32. The van der Waals surface area contributed by atoms with E-state index in [9.17, 15) is 17.4 Å². The van der Waals surface area contributed by atoms with Crippen molar-refractivity contribution in [2.45, 2.75) is 36.9 Å². The van der Waals surface area contributed by atoms with Gasteiger partial charge in [0.15, 0.2) is 0 Å². The van der Waals surface area contributed by atoms with Crippen molar-refractivity contribution in [3.8, 4) is 5.75 Å². The Balaban J connectivity index is 1.31. The number of nitrogens with zero attached hydrogens (tertiary/aromatic N) is 3. The molecule has 1 atom stereocenters. The third-order valence-corrected chi connectivity index (χ3v) is 8.79. The van der Waals surface area contributed by atoms with E-state index in [1.807, 2.05) is 43.3 Å². The van der Waals surface area contributed by atoms with Crippen LogP contribution >= 0.6 is 15.9 Å². The molecule has 1 aliphatic rings. The molecule has 1 heterocycles. The lowest BCUT2D eigenvalue weighted by atomic mass is 9.82. The summed E-state index contributed by atoms with van der Waals surface area (Å²) < 4.78 is 59.2. The van der Waals surface area contributed by atoms with Gasteiger partial charge in [-0.1, -0.05) is 28.1 Å². The van der Waals surface area contributed by atoms with Crippen LogP contribution in [0.3, 0.4) is 0 Å². The number of para-hydroxylation sites is 1. The Kier molecular flexibility index (Phi) is 8.73. The molecule has 0 radical (unpaired) electrons. The maximum absolute atomic E-state index is 13.2. The molecule has 206 valence electrons. The number of halogens is 4. The topological polar surface area (TPSA) is 79.4 Å². The zero-order chi connectivity index (χ0) is 27.5. The summed E-state index contributed by atoms with van der Waals surface area (Å²) in [7, 11) is 0.717. The summed E-state index contributed by atoms with van der Waals surface area (Å²) in [5, 5.41) is 4.39. The molecule has 1 unspecified atom stereocenters. The molecule has 1 fully saturated rings. The molecular weight excluding hydrogens is 583 g/mol. The van der Waals surface area contributed by atoms with Gasteiger partial charge >= 0.3 is 6.36 Å². The number of rotatable bonds is 9. The maximum Gasteiger partial charge on any atom is 0.573 e. The van der Waals surface area contributed by atoms with Crippen molar-refractivity contribution in [2.24, 2.45) is 11.8 Å². The van der Waals surface area contributed by atoms with E-state index in [1.54, 1.807) is 0 Å². The van der Waals surface area contributed by atoms with E-state index in [4.69, 9.17) is 4.98 Å². The summed E-state index contributed by atoms with van der Waals surface area (Å²) in [4.78, 5) is 11.2. The van der Waals surface area contributed by atoms with Crippen LogP contribution < -0.4 is 19.7 Å². The zero-order valence-corrected chi connectivity index (χ0v) is 23.6. The van der Waals surface area contributed by atoms with E-state index in [0.717, 1.165) is 55.0 Å². The van der Waals surface area contributed by atoms with Gasteiger partial charge in [0.05, 0.1) is 20.1 Å². The van der Waals surface area contributed by atoms with Gasteiger partial charge in [0.25, 0.3) is 0 Å². The van der Waals surface area contributed by atoms with Crippen molar-refractivity contribution in [1.82, 2.24) is 14.7 Å². The molecule has 12 heteroatoms. The number of benzene rings is 2. The molecule has 4 rings (SSSR count). The highest BCUT2D eigenvalue weighted by atomic mass is 79.9. The van der Waals surface area contributed by atoms with Gasteiger partial charge in [-0.3, -0.25) is 0 Å². The molecule has 2 aromatic carbocycles. The normalized spacial score (nSPS) is 19.6. The number of hydrogen-bond acceptors (Lipinski definition) is 6. The van der Waals surface area contributed by atoms with Crippen LogP contribution in [-0.4, -0.2) is 53.6 Å². The summed E-state index contributed by atoms with van der Waals surface area (Å²) in [6.45, 7) is 1.14. The molecule has 0 aliphatic heterocycles. The van der Waals surface area contributed by atoms with E-state index >= 15 is 0 Å². The Hall–Kier alpha value is -2.57. The Morgan fingerprint density at radius 2 is 1.74 bits per heavy atom. The van der Waals surface area contributed by atoms with E-state index in [-0.39, 0.29) is 10.8 Å². The maximum atomic E-state index is 13.2.